The maximum absolute atomic E-state index is 13.2. The van der Waals surface area contributed by atoms with Gasteiger partial charge in [-0.1, -0.05) is 24.4 Å². The number of hydrogen-bond acceptors (Lipinski definition) is 12. The lowest BCUT2D eigenvalue weighted by molar-refractivity contribution is -0.384. The van der Waals surface area contributed by atoms with E-state index in [1.165, 1.54) is 4.90 Å². The van der Waals surface area contributed by atoms with Gasteiger partial charge in [0.15, 0.2) is 0 Å². The molecule has 20 heteroatoms. The Bertz CT molecular complexity index is 1790. The van der Waals surface area contributed by atoms with Crippen molar-refractivity contribution in [1.82, 2.24) is 0 Å². The Labute approximate surface area is 259 Å². The largest absolute Gasteiger partial charge is 0.418 e. The molecule has 0 aliphatic rings. The molecule has 2 aromatic carbocycles. The van der Waals surface area contributed by atoms with Crippen LogP contribution in [-0.4, -0.2) is 37.0 Å². The SMILES string of the molecule is CCN(CC)c1c([N+](=O)[O-])cc(C(F)(F)F)c2sc(=S)sc12.CN(C)c1c([N+](=O)[O-])cc(C(F)(F)F)c2sc(=S)sc12. The zero-order chi connectivity index (χ0) is 31.9. The average molecular weight is 709 g/mol. The Morgan fingerprint density at radius 2 is 1.05 bits per heavy atom. The predicted octanol–water partition coefficient (Wildman–Crippen LogP) is 10.2. The lowest BCUT2D eigenvalue weighted by Gasteiger charge is -2.22. The van der Waals surface area contributed by atoms with Crippen LogP contribution < -0.4 is 9.80 Å². The van der Waals surface area contributed by atoms with E-state index < -0.39 is 44.7 Å². The minimum Gasteiger partial charge on any atom is -0.371 e. The van der Waals surface area contributed by atoms with Crippen LogP contribution in [0.2, 0.25) is 0 Å². The van der Waals surface area contributed by atoms with Crippen LogP contribution in [0.5, 0.6) is 0 Å². The zero-order valence-electron chi connectivity index (χ0n) is 21.7. The van der Waals surface area contributed by atoms with Crippen molar-refractivity contribution in [2.24, 2.45) is 0 Å². The van der Waals surface area contributed by atoms with E-state index in [1.807, 2.05) is 0 Å². The van der Waals surface area contributed by atoms with E-state index in [1.54, 1.807) is 32.8 Å². The molecule has 0 fully saturated rings. The first kappa shape index (κ1) is 34.0. The van der Waals surface area contributed by atoms with Crippen molar-refractivity contribution in [2.75, 3.05) is 37.0 Å². The summed E-state index contributed by atoms with van der Waals surface area (Å²) in [5, 5.41) is 22.3. The molecule has 0 aliphatic heterocycles. The summed E-state index contributed by atoms with van der Waals surface area (Å²) in [6, 6.07) is 1.20. The third-order valence-corrected chi connectivity index (χ3v) is 11.0. The lowest BCUT2D eigenvalue weighted by Crippen LogP contribution is -2.23. The number of hydrogen-bond donors (Lipinski definition) is 0. The molecule has 0 spiro atoms. The maximum atomic E-state index is 13.2. The van der Waals surface area contributed by atoms with Crippen LogP contribution in [-0.2, 0) is 12.4 Å². The molecule has 42 heavy (non-hydrogen) atoms. The van der Waals surface area contributed by atoms with Gasteiger partial charge in [0.25, 0.3) is 11.4 Å². The molecule has 2 aromatic heterocycles. The third kappa shape index (κ3) is 6.83. The Morgan fingerprint density at radius 3 is 1.36 bits per heavy atom. The summed E-state index contributed by atoms with van der Waals surface area (Å²) in [4.78, 5) is 23.9. The second kappa shape index (κ2) is 12.6. The average Bonchev–Trinajstić information content (AvgIpc) is 3.43. The van der Waals surface area contributed by atoms with Crippen LogP contribution in [0.4, 0.5) is 49.1 Å². The number of fused-ring (bicyclic) bond motifs is 2. The van der Waals surface area contributed by atoms with Crippen molar-refractivity contribution in [3.63, 3.8) is 0 Å². The van der Waals surface area contributed by atoms with E-state index in [-0.39, 0.29) is 30.2 Å². The number of anilines is 2. The summed E-state index contributed by atoms with van der Waals surface area (Å²) in [6.07, 6.45) is -9.32. The molecule has 8 nitrogen and oxygen atoms in total. The fourth-order valence-electron chi connectivity index (χ4n) is 3.98. The minimum atomic E-state index is -4.66. The Kier molecular flexibility index (Phi) is 10.2. The molecular weight excluding hydrogens is 691 g/mol. The van der Waals surface area contributed by atoms with E-state index in [0.29, 0.717) is 31.5 Å². The standard InChI is InChI=1S/C12H11F3N2O2S3.C10H7F3N2O2S3/c1-3-16(4-2)8-7(17(18)19)5-6(12(13,14)15)9-10(8)22-11(20)21-9;1-14(2)6-5(15(16)17)3-4(10(11,12)13)7-8(6)20-9(18)19-7/h5H,3-4H2,1-2H3;3H,1-2H3. The highest BCUT2D eigenvalue weighted by Crippen LogP contribution is 2.49. The molecule has 0 bridgehead atoms. The molecule has 0 aliphatic carbocycles. The van der Waals surface area contributed by atoms with Gasteiger partial charge in [0, 0.05) is 39.3 Å². The van der Waals surface area contributed by atoms with Crippen LogP contribution in [0.1, 0.15) is 25.0 Å². The van der Waals surface area contributed by atoms with Gasteiger partial charge in [-0.15, -0.1) is 45.3 Å². The Hall–Kier alpha value is -2.52. The number of nitro benzene ring substituents is 2. The Balaban J connectivity index is 0.000000231. The summed E-state index contributed by atoms with van der Waals surface area (Å²) < 4.78 is 79.7. The number of benzene rings is 2. The summed E-state index contributed by atoms with van der Waals surface area (Å²) in [7, 11) is 3.09. The molecule has 0 saturated heterocycles. The van der Waals surface area contributed by atoms with Gasteiger partial charge in [-0.2, -0.15) is 26.3 Å². The fraction of sp³-hybridized carbons (Fsp3) is 0.364. The van der Waals surface area contributed by atoms with Crippen molar-refractivity contribution < 1.29 is 36.2 Å². The van der Waals surface area contributed by atoms with E-state index in [9.17, 15) is 46.6 Å². The summed E-state index contributed by atoms with van der Waals surface area (Å²) in [5.41, 5.74) is -2.75. The third-order valence-electron chi connectivity index (χ3n) is 5.65. The van der Waals surface area contributed by atoms with Gasteiger partial charge in [0.05, 0.1) is 39.8 Å². The number of nitro groups is 2. The quantitative estimate of drug-likeness (QED) is 0.0846. The minimum absolute atomic E-state index is 0.0324. The van der Waals surface area contributed by atoms with Crippen LogP contribution in [0.3, 0.4) is 0 Å². The lowest BCUT2D eigenvalue weighted by atomic mass is 10.1. The molecule has 0 atom stereocenters. The molecular formula is C22H18F6N4O4S6. The number of rotatable bonds is 6. The molecule has 4 aromatic rings. The van der Waals surface area contributed by atoms with Crippen molar-refractivity contribution >= 4 is 111 Å². The van der Waals surface area contributed by atoms with Crippen LogP contribution >= 0.6 is 69.8 Å². The zero-order valence-corrected chi connectivity index (χ0v) is 26.6. The molecule has 4 rings (SSSR count). The van der Waals surface area contributed by atoms with Gasteiger partial charge < -0.3 is 9.80 Å². The van der Waals surface area contributed by atoms with E-state index in [2.05, 4.69) is 0 Å². The summed E-state index contributed by atoms with van der Waals surface area (Å²) >= 11 is 13.5. The van der Waals surface area contributed by atoms with E-state index in [0.717, 1.165) is 45.3 Å². The summed E-state index contributed by atoms with van der Waals surface area (Å²) in [5.74, 6) is 0. The van der Waals surface area contributed by atoms with Crippen molar-refractivity contribution in [3.05, 3.63) is 49.8 Å². The first-order valence-electron chi connectivity index (χ1n) is 11.4. The van der Waals surface area contributed by atoms with Crippen molar-refractivity contribution in [2.45, 2.75) is 26.2 Å². The number of alkyl halides is 6. The molecule has 228 valence electrons. The molecule has 0 radical (unpaired) electrons. The van der Waals surface area contributed by atoms with Gasteiger partial charge in [-0.25, -0.2) is 0 Å². The predicted molar refractivity (Wildman–Crippen MR) is 162 cm³/mol. The van der Waals surface area contributed by atoms with Gasteiger partial charge in [0.1, 0.15) is 17.6 Å². The Morgan fingerprint density at radius 1 is 0.714 bits per heavy atom. The molecule has 0 saturated carbocycles. The van der Waals surface area contributed by atoms with Crippen LogP contribution in [0.15, 0.2) is 12.1 Å². The maximum Gasteiger partial charge on any atom is 0.418 e. The van der Waals surface area contributed by atoms with Gasteiger partial charge in [-0.3, -0.25) is 20.2 Å². The number of halogens is 6. The monoisotopic (exact) mass is 708 g/mol. The van der Waals surface area contributed by atoms with Gasteiger partial charge in [-0.05, 0) is 13.8 Å². The molecule has 0 amide bonds. The molecule has 0 N–H and O–H groups in total. The number of nitrogens with zero attached hydrogens (tertiary/aromatic N) is 4. The smallest absolute Gasteiger partial charge is 0.371 e. The second-order valence-corrected chi connectivity index (χ2v) is 14.8. The fourth-order valence-corrected chi connectivity index (χ4v) is 9.55. The van der Waals surface area contributed by atoms with Crippen LogP contribution in [0, 0.1) is 26.5 Å². The molecule has 2 heterocycles. The summed E-state index contributed by atoms with van der Waals surface area (Å²) in [6.45, 7) is 4.49. The van der Waals surface area contributed by atoms with Crippen molar-refractivity contribution in [1.29, 1.82) is 0 Å². The first-order valence-corrected chi connectivity index (χ1v) is 15.5. The molecule has 0 unspecified atom stereocenters. The highest BCUT2D eigenvalue weighted by molar-refractivity contribution is 7.77. The van der Waals surface area contributed by atoms with Gasteiger partial charge in [0.2, 0.25) is 0 Å². The van der Waals surface area contributed by atoms with E-state index in [4.69, 9.17) is 24.4 Å². The highest BCUT2D eigenvalue weighted by atomic mass is 32.2. The van der Waals surface area contributed by atoms with Gasteiger partial charge >= 0.3 is 12.4 Å². The second-order valence-electron chi connectivity index (χ2n) is 8.38. The van der Waals surface area contributed by atoms with Crippen molar-refractivity contribution in [3.8, 4) is 0 Å². The topological polar surface area (TPSA) is 92.8 Å². The van der Waals surface area contributed by atoms with Crippen LogP contribution in [0.25, 0.3) is 18.8 Å². The first-order chi connectivity index (χ1) is 19.3. The highest BCUT2D eigenvalue weighted by Gasteiger charge is 2.39. The van der Waals surface area contributed by atoms with E-state index >= 15 is 0 Å². The normalized spacial score (nSPS) is 11.9.